The Morgan fingerprint density at radius 1 is 1.31 bits per heavy atom. The van der Waals surface area contributed by atoms with Crippen LogP contribution in [-0.2, 0) is 0 Å². The molecule has 3 atom stereocenters. The van der Waals surface area contributed by atoms with Gasteiger partial charge in [-0.05, 0) is 61.9 Å². The first-order valence-corrected chi connectivity index (χ1v) is 9.68. The lowest BCUT2D eigenvalue weighted by Crippen LogP contribution is -2.31. The van der Waals surface area contributed by atoms with Crippen molar-refractivity contribution in [3.63, 3.8) is 0 Å². The third-order valence-electron chi connectivity index (χ3n) is 5.54. The topological polar surface area (TPSA) is 71.8 Å². The van der Waals surface area contributed by atoms with Gasteiger partial charge >= 0.3 is 0 Å². The van der Waals surface area contributed by atoms with Gasteiger partial charge in [-0.25, -0.2) is 4.68 Å². The molecule has 7 heteroatoms. The van der Waals surface area contributed by atoms with Crippen LogP contribution in [0.4, 0.5) is 0 Å². The maximum Gasteiger partial charge on any atom is 0.273 e. The molecule has 26 heavy (non-hydrogen) atoms. The maximum absolute atomic E-state index is 12.8. The summed E-state index contributed by atoms with van der Waals surface area (Å²) in [5, 5.41) is 15.5. The van der Waals surface area contributed by atoms with E-state index in [1.165, 1.54) is 0 Å². The maximum atomic E-state index is 12.8. The van der Waals surface area contributed by atoms with E-state index in [0.717, 1.165) is 37.9 Å². The van der Waals surface area contributed by atoms with Crippen LogP contribution in [0.25, 0.3) is 0 Å². The first kappa shape index (κ1) is 17.5. The Labute approximate surface area is 158 Å². The molecule has 1 saturated carbocycles. The second-order valence-electron chi connectivity index (χ2n) is 7.44. The lowest BCUT2D eigenvalue weighted by Gasteiger charge is -2.22. The molecule has 1 aliphatic carbocycles. The number of nitrogens with zero attached hydrogens (tertiary/aromatic N) is 3. The van der Waals surface area contributed by atoms with Crippen LogP contribution in [0.5, 0.6) is 0 Å². The number of hydrogen-bond donors (Lipinski definition) is 2. The monoisotopic (exact) mass is 373 g/mol. The minimum absolute atomic E-state index is 0.0150. The third kappa shape index (κ3) is 3.76. The van der Waals surface area contributed by atoms with Crippen LogP contribution in [0.15, 0.2) is 30.5 Å². The Hall–Kier alpha value is -1.92. The van der Waals surface area contributed by atoms with E-state index < -0.39 is 0 Å². The fourth-order valence-corrected chi connectivity index (χ4v) is 3.89. The first-order valence-electron chi connectivity index (χ1n) is 9.30. The summed E-state index contributed by atoms with van der Waals surface area (Å²) in [4.78, 5) is 12.8. The van der Waals surface area contributed by atoms with Crippen molar-refractivity contribution in [3.05, 3.63) is 46.7 Å². The van der Waals surface area contributed by atoms with Crippen LogP contribution < -0.4 is 10.6 Å². The fraction of sp³-hybridized carbons (Fsp3) is 0.526. The van der Waals surface area contributed by atoms with Crippen LogP contribution in [0.1, 0.15) is 54.3 Å². The van der Waals surface area contributed by atoms with E-state index in [-0.39, 0.29) is 11.9 Å². The molecule has 0 unspecified atom stereocenters. The highest BCUT2D eigenvalue weighted by Crippen LogP contribution is 2.47. The van der Waals surface area contributed by atoms with Gasteiger partial charge in [-0.1, -0.05) is 35.9 Å². The number of halogens is 1. The van der Waals surface area contributed by atoms with Crippen molar-refractivity contribution in [1.29, 1.82) is 0 Å². The Balaban J connectivity index is 1.48. The summed E-state index contributed by atoms with van der Waals surface area (Å²) in [6.45, 7) is 4.17. The van der Waals surface area contributed by atoms with Gasteiger partial charge in [0.05, 0.1) is 18.3 Å². The van der Waals surface area contributed by atoms with Crippen molar-refractivity contribution < 1.29 is 4.79 Å². The minimum Gasteiger partial charge on any atom is -0.343 e. The number of amides is 1. The molecule has 0 spiro atoms. The highest BCUT2D eigenvalue weighted by molar-refractivity contribution is 6.30. The Morgan fingerprint density at radius 2 is 2.00 bits per heavy atom. The highest BCUT2D eigenvalue weighted by Gasteiger charge is 2.41. The average molecular weight is 374 g/mol. The number of benzene rings is 1. The number of rotatable bonds is 5. The molecular formula is C19H24ClN5O. The summed E-state index contributed by atoms with van der Waals surface area (Å²) >= 11 is 6.01. The SMILES string of the molecule is C[C@@H]1C[C@H]1[C@H](NC(=O)c1cn(C2CCNCC2)nn1)c1ccc(Cl)cc1. The zero-order chi connectivity index (χ0) is 18.1. The first-order chi connectivity index (χ1) is 12.6. The molecule has 4 rings (SSSR count). The smallest absolute Gasteiger partial charge is 0.273 e. The molecule has 6 nitrogen and oxygen atoms in total. The quantitative estimate of drug-likeness (QED) is 0.845. The summed E-state index contributed by atoms with van der Waals surface area (Å²) < 4.78 is 1.84. The fourth-order valence-electron chi connectivity index (χ4n) is 3.77. The van der Waals surface area contributed by atoms with Crippen molar-refractivity contribution in [2.24, 2.45) is 11.8 Å². The molecule has 1 aliphatic heterocycles. The van der Waals surface area contributed by atoms with Gasteiger partial charge in [0.15, 0.2) is 5.69 Å². The van der Waals surface area contributed by atoms with Gasteiger partial charge in [-0.3, -0.25) is 4.79 Å². The number of hydrogen-bond acceptors (Lipinski definition) is 4. The molecule has 1 amide bonds. The van der Waals surface area contributed by atoms with Crippen molar-refractivity contribution in [3.8, 4) is 0 Å². The zero-order valence-electron chi connectivity index (χ0n) is 14.9. The number of carbonyl (C=O) groups excluding carboxylic acids is 1. The van der Waals surface area contributed by atoms with Gasteiger partial charge in [0.2, 0.25) is 0 Å². The molecule has 2 heterocycles. The van der Waals surface area contributed by atoms with Crippen LogP contribution >= 0.6 is 11.6 Å². The molecule has 2 aliphatic rings. The van der Waals surface area contributed by atoms with Gasteiger partial charge in [0, 0.05) is 5.02 Å². The standard InChI is InChI=1S/C19H24ClN5O/c1-12-10-16(12)18(13-2-4-14(20)5-3-13)22-19(26)17-11-25(24-23-17)15-6-8-21-9-7-15/h2-5,11-12,15-16,18,21H,6-10H2,1H3,(H,22,26)/t12-,16-,18-/m1/s1. The van der Waals surface area contributed by atoms with Crippen molar-refractivity contribution >= 4 is 17.5 Å². The summed E-state index contributed by atoms with van der Waals surface area (Å²) in [6, 6.07) is 8.03. The number of piperidine rings is 1. The van der Waals surface area contributed by atoms with E-state index in [4.69, 9.17) is 11.6 Å². The summed E-state index contributed by atoms with van der Waals surface area (Å²) in [5.74, 6) is 0.908. The predicted octanol–water partition coefficient (Wildman–Crippen LogP) is 2.98. The second-order valence-corrected chi connectivity index (χ2v) is 7.88. The number of nitrogens with one attached hydrogen (secondary N) is 2. The van der Waals surface area contributed by atoms with Gasteiger partial charge in [-0.15, -0.1) is 5.10 Å². The molecule has 2 aromatic rings. The summed E-state index contributed by atoms with van der Waals surface area (Å²) in [7, 11) is 0. The van der Waals surface area contributed by atoms with Gasteiger partial charge in [-0.2, -0.15) is 0 Å². The van der Waals surface area contributed by atoms with Crippen molar-refractivity contribution in [2.75, 3.05) is 13.1 Å². The minimum atomic E-state index is -0.163. The predicted molar refractivity (Wildman–Crippen MR) is 100 cm³/mol. The largest absolute Gasteiger partial charge is 0.343 e. The lowest BCUT2D eigenvalue weighted by atomic mass is 10.0. The molecule has 138 valence electrons. The zero-order valence-corrected chi connectivity index (χ0v) is 15.6. The second kappa shape index (κ2) is 7.37. The van der Waals surface area contributed by atoms with E-state index >= 15 is 0 Å². The van der Waals surface area contributed by atoms with Gasteiger partial charge < -0.3 is 10.6 Å². The van der Waals surface area contributed by atoms with Crippen molar-refractivity contribution in [1.82, 2.24) is 25.6 Å². The molecule has 0 radical (unpaired) electrons. The van der Waals surface area contributed by atoms with E-state index in [2.05, 4.69) is 27.9 Å². The molecule has 0 bridgehead atoms. The third-order valence-corrected chi connectivity index (χ3v) is 5.79. The summed E-state index contributed by atoms with van der Waals surface area (Å²) in [5.41, 5.74) is 1.47. The molecular weight excluding hydrogens is 350 g/mol. The Morgan fingerprint density at radius 3 is 2.65 bits per heavy atom. The Bertz CT molecular complexity index is 768. The van der Waals surface area contributed by atoms with Crippen molar-refractivity contribution in [2.45, 2.75) is 38.3 Å². The van der Waals surface area contributed by atoms with E-state index in [0.29, 0.717) is 28.6 Å². The molecule has 2 fully saturated rings. The van der Waals surface area contributed by atoms with E-state index in [1.807, 2.05) is 28.9 Å². The average Bonchev–Trinajstić information content (AvgIpc) is 3.18. The summed E-state index contributed by atoms with van der Waals surface area (Å²) in [6.07, 6.45) is 4.92. The number of carbonyl (C=O) groups is 1. The van der Waals surface area contributed by atoms with E-state index in [9.17, 15) is 4.79 Å². The number of aromatic nitrogens is 3. The van der Waals surface area contributed by atoms with Crippen LogP contribution in [0.3, 0.4) is 0 Å². The molecule has 1 aromatic heterocycles. The molecule has 1 saturated heterocycles. The van der Waals surface area contributed by atoms with E-state index in [1.54, 1.807) is 6.20 Å². The highest BCUT2D eigenvalue weighted by atomic mass is 35.5. The van der Waals surface area contributed by atoms with Crippen LogP contribution in [-0.4, -0.2) is 34.0 Å². The molecule has 2 N–H and O–H groups in total. The van der Waals surface area contributed by atoms with Crippen LogP contribution in [0, 0.1) is 11.8 Å². The normalized spacial score (nSPS) is 24.2. The lowest BCUT2D eigenvalue weighted by molar-refractivity contribution is 0.0925. The van der Waals surface area contributed by atoms with Crippen LogP contribution in [0.2, 0.25) is 5.02 Å². The van der Waals surface area contributed by atoms with Gasteiger partial charge in [0.25, 0.3) is 5.91 Å². The Kier molecular flexibility index (Phi) is 4.96. The van der Waals surface area contributed by atoms with Gasteiger partial charge in [0.1, 0.15) is 0 Å². The molecule has 1 aromatic carbocycles.